The fraction of sp³-hybridized carbons (Fsp3) is 0.625. The van der Waals surface area contributed by atoms with Gasteiger partial charge in [0.1, 0.15) is 5.75 Å². The Morgan fingerprint density at radius 3 is 2.30 bits per heavy atom. The largest absolute Gasteiger partial charge is 0.493 e. The molecule has 1 aromatic carbocycles. The molecular weight excluding hydrogens is 332 g/mol. The van der Waals surface area contributed by atoms with E-state index in [1.807, 2.05) is 6.08 Å². The molecule has 0 unspecified atom stereocenters. The second-order valence-corrected chi connectivity index (χ2v) is 8.17. The van der Waals surface area contributed by atoms with Gasteiger partial charge in [-0.15, -0.1) is 6.58 Å². The molecule has 0 fully saturated rings. The van der Waals surface area contributed by atoms with Crippen LogP contribution in [0, 0.1) is 0 Å². The van der Waals surface area contributed by atoms with Crippen molar-refractivity contribution in [3.8, 4) is 5.75 Å². The van der Waals surface area contributed by atoms with Gasteiger partial charge in [0.25, 0.3) is 0 Å². The van der Waals surface area contributed by atoms with Crippen LogP contribution in [0.4, 0.5) is 0 Å². The lowest BCUT2D eigenvalue weighted by Gasteiger charge is -2.07. The highest BCUT2D eigenvalue weighted by atomic mass is 16.5. The molecule has 2 aromatic rings. The lowest BCUT2D eigenvalue weighted by Crippen LogP contribution is -2.34. The first kappa shape index (κ1) is 21.5. The number of nitrogens with zero attached hydrogens (tertiary/aromatic N) is 2. The van der Waals surface area contributed by atoms with Gasteiger partial charge in [-0.05, 0) is 59.1 Å². The fourth-order valence-corrected chi connectivity index (χ4v) is 3.56. The zero-order valence-electron chi connectivity index (χ0n) is 17.9. The maximum atomic E-state index is 6.04. The van der Waals surface area contributed by atoms with Gasteiger partial charge in [-0.1, -0.05) is 38.2 Å². The zero-order valence-corrected chi connectivity index (χ0v) is 17.9. The van der Waals surface area contributed by atoms with Crippen LogP contribution in [-0.2, 0) is 0 Å². The smallest absolute Gasteiger partial charge is 0.245 e. The molecule has 0 spiro atoms. The van der Waals surface area contributed by atoms with Gasteiger partial charge < -0.3 is 4.74 Å². The third-order valence-corrected chi connectivity index (χ3v) is 5.19. The van der Waals surface area contributed by atoms with Gasteiger partial charge in [0.05, 0.1) is 18.7 Å². The van der Waals surface area contributed by atoms with Crippen molar-refractivity contribution in [3.63, 3.8) is 0 Å². The molecule has 0 aliphatic carbocycles. The Kier molecular flexibility index (Phi) is 8.90. The number of allylic oxidation sites excluding steroid dienone is 1. The SMILES string of the molecule is C=CCCCCCCCCCOc1ccc2c(c1)[n+](C(C)C)cn2C(C)C. The summed E-state index contributed by atoms with van der Waals surface area (Å²) in [6.45, 7) is 13.5. The highest BCUT2D eigenvalue weighted by Gasteiger charge is 2.20. The summed E-state index contributed by atoms with van der Waals surface area (Å²) in [5, 5.41) is 0. The van der Waals surface area contributed by atoms with Crippen molar-refractivity contribution in [1.82, 2.24) is 4.57 Å². The van der Waals surface area contributed by atoms with Crippen molar-refractivity contribution in [1.29, 1.82) is 0 Å². The summed E-state index contributed by atoms with van der Waals surface area (Å²) in [5.41, 5.74) is 2.54. The van der Waals surface area contributed by atoms with E-state index in [1.165, 1.54) is 49.6 Å². The minimum Gasteiger partial charge on any atom is -0.493 e. The molecule has 150 valence electrons. The van der Waals surface area contributed by atoms with Gasteiger partial charge >= 0.3 is 0 Å². The lowest BCUT2D eigenvalue weighted by molar-refractivity contribution is -0.692. The number of imidazole rings is 1. The number of hydrogen-bond acceptors (Lipinski definition) is 1. The molecule has 0 bridgehead atoms. The van der Waals surface area contributed by atoms with Crippen LogP contribution in [0.15, 0.2) is 37.2 Å². The number of hydrogen-bond donors (Lipinski definition) is 0. The van der Waals surface area contributed by atoms with Crippen LogP contribution < -0.4 is 9.30 Å². The third-order valence-electron chi connectivity index (χ3n) is 5.19. The summed E-state index contributed by atoms with van der Waals surface area (Å²) >= 11 is 0. The second-order valence-electron chi connectivity index (χ2n) is 8.17. The van der Waals surface area contributed by atoms with E-state index >= 15 is 0 Å². The quantitative estimate of drug-likeness (QED) is 0.216. The standard InChI is InChI=1S/C24H39N2O/c1-6-7-8-9-10-11-12-13-14-17-27-22-15-16-23-24(18-22)26(21(4)5)19-25(23)20(2)3/h6,15-16,18-21H,1,7-14,17H2,2-5H3/q+1. The topological polar surface area (TPSA) is 18.0 Å². The predicted octanol–water partition coefficient (Wildman–Crippen LogP) is 6.78. The van der Waals surface area contributed by atoms with Crippen molar-refractivity contribution < 1.29 is 9.30 Å². The van der Waals surface area contributed by atoms with Crippen LogP contribution in [0.1, 0.15) is 91.1 Å². The minimum atomic E-state index is 0.439. The number of fused-ring (bicyclic) bond motifs is 1. The second kappa shape index (κ2) is 11.2. The number of aromatic nitrogens is 2. The Morgan fingerprint density at radius 1 is 1.00 bits per heavy atom. The van der Waals surface area contributed by atoms with Crippen LogP contribution in [-0.4, -0.2) is 11.2 Å². The van der Waals surface area contributed by atoms with Gasteiger partial charge in [-0.25, -0.2) is 9.13 Å². The molecule has 0 aliphatic heterocycles. The average molecular weight is 372 g/mol. The lowest BCUT2D eigenvalue weighted by atomic mass is 10.1. The first-order valence-electron chi connectivity index (χ1n) is 10.8. The minimum absolute atomic E-state index is 0.439. The van der Waals surface area contributed by atoms with Gasteiger partial charge in [0.2, 0.25) is 6.33 Å². The Balaban J connectivity index is 1.80. The molecule has 0 saturated heterocycles. The van der Waals surface area contributed by atoms with Crippen LogP contribution in [0.2, 0.25) is 0 Å². The summed E-state index contributed by atoms with van der Waals surface area (Å²) in [6, 6.07) is 7.41. The van der Waals surface area contributed by atoms with E-state index in [-0.39, 0.29) is 0 Å². The Bertz CT molecular complexity index is 700. The molecule has 3 nitrogen and oxygen atoms in total. The molecule has 1 aromatic heterocycles. The van der Waals surface area contributed by atoms with Crippen LogP contribution in [0.5, 0.6) is 5.75 Å². The summed E-state index contributed by atoms with van der Waals surface area (Å²) < 4.78 is 10.7. The molecule has 0 saturated carbocycles. The van der Waals surface area contributed by atoms with Crippen LogP contribution >= 0.6 is 0 Å². The molecule has 1 heterocycles. The average Bonchev–Trinajstić information content (AvgIpc) is 3.02. The first-order valence-corrected chi connectivity index (χ1v) is 10.8. The normalized spacial score (nSPS) is 11.6. The van der Waals surface area contributed by atoms with Crippen molar-refractivity contribution in [2.45, 2.75) is 91.1 Å². The van der Waals surface area contributed by atoms with Crippen molar-refractivity contribution in [3.05, 3.63) is 37.2 Å². The monoisotopic (exact) mass is 371 g/mol. The van der Waals surface area contributed by atoms with Crippen molar-refractivity contribution >= 4 is 11.0 Å². The number of unbranched alkanes of at least 4 members (excludes halogenated alkanes) is 7. The van der Waals surface area contributed by atoms with Gasteiger partial charge in [-0.3, -0.25) is 0 Å². The fourth-order valence-electron chi connectivity index (χ4n) is 3.56. The first-order chi connectivity index (χ1) is 13.0. The van der Waals surface area contributed by atoms with E-state index in [9.17, 15) is 0 Å². The number of benzene rings is 1. The maximum absolute atomic E-state index is 6.04. The molecule has 27 heavy (non-hydrogen) atoms. The molecule has 0 aliphatic rings. The van der Waals surface area contributed by atoms with E-state index in [1.54, 1.807) is 0 Å². The summed E-state index contributed by atoms with van der Waals surface area (Å²) in [4.78, 5) is 0. The molecule has 3 heteroatoms. The Hall–Kier alpha value is -1.77. The maximum Gasteiger partial charge on any atom is 0.245 e. The van der Waals surface area contributed by atoms with Crippen LogP contribution in [0.25, 0.3) is 11.0 Å². The van der Waals surface area contributed by atoms with E-state index in [0.717, 1.165) is 25.2 Å². The van der Waals surface area contributed by atoms with Gasteiger partial charge in [0, 0.05) is 6.07 Å². The van der Waals surface area contributed by atoms with E-state index in [2.05, 4.69) is 67.9 Å². The van der Waals surface area contributed by atoms with E-state index in [0.29, 0.717) is 12.1 Å². The molecule has 0 amide bonds. The number of rotatable bonds is 13. The molecule has 0 radical (unpaired) electrons. The molecule has 0 N–H and O–H groups in total. The molecule has 2 rings (SSSR count). The predicted molar refractivity (Wildman–Crippen MR) is 116 cm³/mol. The zero-order chi connectivity index (χ0) is 19.6. The van der Waals surface area contributed by atoms with Crippen LogP contribution in [0.3, 0.4) is 0 Å². The van der Waals surface area contributed by atoms with E-state index in [4.69, 9.17) is 4.74 Å². The number of ether oxygens (including phenoxy) is 1. The highest BCUT2D eigenvalue weighted by molar-refractivity contribution is 5.74. The van der Waals surface area contributed by atoms with Crippen molar-refractivity contribution in [2.75, 3.05) is 6.61 Å². The van der Waals surface area contributed by atoms with Gasteiger partial charge in [-0.2, -0.15) is 0 Å². The highest BCUT2D eigenvalue weighted by Crippen LogP contribution is 2.23. The Morgan fingerprint density at radius 2 is 1.67 bits per heavy atom. The molecule has 0 atom stereocenters. The third kappa shape index (κ3) is 6.41. The summed E-state index contributed by atoms with van der Waals surface area (Å²) in [6.07, 6.45) is 14.5. The summed E-state index contributed by atoms with van der Waals surface area (Å²) in [5.74, 6) is 0.989. The van der Waals surface area contributed by atoms with Gasteiger partial charge in [0.15, 0.2) is 11.0 Å². The van der Waals surface area contributed by atoms with E-state index < -0.39 is 0 Å². The Labute approximate surface area is 166 Å². The van der Waals surface area contributed by atoms with Crippen molar-refractivity contribution in [2.24, 2.45) is 0 Å². The molecular formula is C24H39N2O+. The summed E-state index contributed by atoms with van der Waals surface area (Å²) in [7, 11) is 0.